The number of carbonyl (C=O) groups excluding carboxylic acids is 1. The minimum absolute atomic E-state index is 0.154. The lowest BCUT2D eigenvalue weighted by Gasteiger charge is -2.37. The van der Waals surface area contributed by atoms with Gasteiger partial charge in [0.2, 0.25) is 0 Å². The molecular weight excluding hydrogens is 372 g/mol. The van der Waals surface area contributed by atoms with Crippen molar-refractivity contribution < 1.29 is 9.53 Å². The first kappa shape index (κ1) is 18.4. The lowest BCUT2D eigenvalue weighted by molar-refractivity contribution is 0.194. The van der Waals surface area contributed by atoms with Crippen LogP contribution in [0.1, 0.15) is 22.7 Å². The topological polar surface area (TPSA) is 41.6 Å². The number of amides is 2. The molecule has 2 amide bonds. The molecule has 4 nitrogen and oxygen atoms in total. The van der Waals surface area contributed by atoms with Crippen molar-refractivity contribution in [2.75, 3.05) is 19.0 Å². The van der Waals surface area contributed by atoms with E-state index in [2.05, 4.69) is 17.4 Å². The van der Waals surface area contributed by atoms with Gasteiger partial charge in [0.25, 0.3) is 0 Å². The van der Waals surface area contributed by atoms with Crippen LogP contribution in [0.3, 0.4) is 0 Å². The SMILES string of the molecule is COc1ccccc1NC(=O)N1CCc2ccccc2[C@@H]1c1ccc(Cl)cc1. The van der Waals surface area contributed by atoms with Gasteiger partial charge in [-0.1, -0.05) is 60.1 Å². The third-order valence-electron chi connectivity index (χ3n) is 5.08. The van der Waals surface area contributed by atoms with E-state index in [4.69, 9.17) is 16.3 Å². The Morgan fingerprint density at radius 1 is 1.04 bits per heavy atom. The third kappa shape index (κ3) is 3.56. The van der Waals surface area contributed by atoms with Crippen LogP contribution < -0.4 is 10.1 Å². The first-order chi connectivity index (χ1) is 13.7. The fraction of sp³-hybridized carbons (Fsp3) is 0.174. The van der Waals surface area contributed by atoms with Gasteiger partial charge in [-0.2, -0.15) is 0 Å². The summed E-state index contributed by atoms with van der Waals surface area (Å²) in [5.74, 6) is 0.635. The lowest BCUT2D eigenvalue weighted by atomic mass is 9.88. The van der Waals surface area contributed by atoms with Crippen molar-refractivity contribution in [2.24, 2.45) is 0 Å². The molecule has 1 aliphatic rings. The molecule has 0 bridgehead atoms. The van der Waals surface area contributed by atoms with Crippen LogP contribution in [0, 0.1) is 0 Å². The van der Waals surface area contributed by atoms with Crippen LogP contribution in [0.4, 0.5) is 10.5 Å². The van der Waals surface area contributed by atoms with Gasteiger partial charge in [0.1, 0.15) is 5.75 Å². The average Bonchev–Trinajstić information content (AvgIpc) is 2.74. The molecule has 0 radical (unpaired) electrons. The summed E-state index contributed by atoms with van der Waals surface area (Å²) in [5, 5.41) is 3.69. The Labute approximate surface area is 169 Å². The minimum Gasteiger partial charge on any atom is -0.495 e. The number of halogens is 1. The van der Waals surface area contributed by atoms with Crippen LogP contribution >= 0.6 is 11.6 Å². The fourth-order valence-electron chi connectivity index (χ4n) is 3.72. The van der Waals surface area contributed by atoms with E-state index in [1.54, 1.807) is 7.11 Å². The number of nitrogens with zero attached hydrogens (tertiary/aromatic N) is 1. The second-order valence-electron chi connectivity index (χ2n) is 6.73. The first-order valence-corrected chi connectivity index (χ1v) is 9.59. The Balaban J connectivity index is 1.70. The number of fused-ring (bicyclic) bond motifs is 1. The summed E-state index contributed by atoms with van der Waals surface area (Å²) < 4.78 is 5.37. The van der Waals surface area contributed by atoms with Gasteiger partial charge in [-0.05, 0) is 47.4 Å². The maximum Gasteiger partial charge on any atom is 0.322 e. The van der Waals surface area contributed by atoms with Crippen molar-refractivity contribution in [3.8, 4) is 5.75 Å². The molecule has 28 heavy (non-hydrogen) atoms. The van der Waals surface area contributed by atoms with Gasteiger partial charge in [-0.25, -0.2) is 4.79 Å². The molecule has 0 unspecified atom stereocenters. The van der Waals surface area contributed by atoms with Crippen LogP contribution in [0.5, 0.6) is 5.75 Å². The van der Waals surface area contributed by atoms with Gasteiger partial charge in [-0.3, -0.25) is 0 Å². The number of nitrogens with one attached hydrogen (secondary N) is 1. The molecule has 1 heterocycles. The summed E-state index contributed by atoms with van der Waals surface area (Å²) in [6, 6.07) is 23.1. The summed E-state index contributed by atoms with van der Waals surface area (Å²) in [4.78, 5) is 15.1. The van der Waals surface area contributed by atoms with Crippen molar-refractivity contribution in [1.82, 2.24) is 4.90 Å². The third-order valence-corrected chi connectivity index (χ3v) is 5.33. The largest absolute Gasteiger partial charge is 0.495 e. The maximum absolute atomic E-state index is 13.2. The normalized spacial score (nSPS) is 15.6. The van der Waals surface area contributed by atoms with Crippen molar-refractivity contribution in [2.45, 2.75) is 12.5 Å². The predicted molar refractivity (Wildman–Crippen MR) is 112 cm³/mol. The number of para-hydroxylation sites is 2. The molecule has 1 N–H and O–H groups in total. The Morgan fingerprint density at radius 2 is 1.75 bits per heavy atom. The van der Waals surface area contributed by atoms with Gasteiger partial charge < -0.3 is 15.0 Å². The standard InChI is InChI=1S/C23H21ClN2O2/c1-28-21-9-5-4-8-20(21)25-23(27)26-15-14-16-6-2-3-7-19(16)22(26)17-10-12-18(24)13-11-17/h2-13,22H,14-15H2,1H3,(H,25,27)/t22-/m0/s1. The average molecular weight is 393 g/mol. The highest BCUT2D eigenvalue weighted by molar-refractivity contribution is 6.30. The lowest BCUT2D eigenvalue weighted by Crippen LogP contribution is -2.43. The number of rotatable bonds is 3. The quantitative estimate of drug-likeness (QED) is 0.636. The van der Waals surface area contributed by atoms with Crippen LogP contribution in [0.25, 0.3) is 0 Å². The summed E-state index contributed by atoms with van der Waals surface area (Å²) >= 11 is 6.08. The second-order valence-corrected chi connectivity index (χ2v) is 7.16. The number of benzene rings is 3. The van der Waals surface area contributed by atoms with Crippen molar-refractivity contribution in [1.29, 1.82) is 0 Å². The number of anilines is 1. The van der Waals surface area contributed by atoms with Crippen LogP contribution in [0.15, 0.2) is 72.8 Å². The molecule has 3 aromatic carbocycles. The molecule has 1 aliphatic heterocycles. The zero-order valence-corrected chi connectivity index (χ0v) is 16.3. The van der Waals surface area contributed by atoms with Crippen LogP contribution in [-0.4, -0.2) is 24.6 Å². The van der Waals surface area contributed by atoms with Crippen molar-refractivity contribution in [3.63, 3.8) is 0 Å². The molecule has 4 rings (SSSR count). The van der Waals surface area contributed by atoms with Gasteiger partial charge in [-0.15, -0.1) is 0 Å². The highest BCUT2D eigenvalue weighted by Gasteiger charge is 2.32. The Bertz CT molecular complexity index is 988. The van der Waals surface area contributed by atoms with E-state index in [9.17, 15) is 4.79 Å². The summed E-state index contributed by atoms with van der Waals surface area (Å²) in [6.45, 7) is 0.630. The number of urea groups is 1. The number of methoxy groups -OCH3 is 1. The first-order valence-electron chi connectivity index (χ1n) is 9.21. The summed E-state index contributed by atoms with van der Waals surface area (Å²) in [6.07, 6.45) is 0.819. The summed E-state index contributed by atoms with van der Waals surface area (Å²) in [7, 11) is 1.60. The highest BCUT2D eigenvalue weighted by atomic mass is 35.5. The molecule has 142 valence electrons. The van der Waals surface area contributed by atoms with E-state index in [1.807, 2.05) is 65.6 Å². The molecule has 0 spiro atoms. The molecule has 1 atom stereocenters. The molecule has 5 heteroatoms. The van der Waals surface area contributed by atoms with Crippen LogP contribution in [0.2, 0.25) is 5.02 Å². The van der Waals surface area contributed by atoms with E-state index in [0.29, 0.717) is 23.0 Å². The van der Waals surface area contributed by atoms with E-state index in [0.717, 1.165) is 17.5 Å². The molecule has 0 fully saturated rings. The molecule has 0 aliphatic carbocycles. The zero-order valence-electron chi connectivity index (χ0n) is 15.6. The summed E-state index contributed by atoms with van der Waals surface area (Å²) in [5.41, 5.74) is 4.10. The van der Waals surface area contributed by atoms with Crippen LogP contribution in [-0.2, 0) is 6.42 Å². The number of carbonyl (C=O) groups is 1. The number of hydrogen-bond acceptors (Lipinski definition) is 2. The number of ether oxygens (including phenoxy) is 1. The molecule has 0 saturated heterocycles. The second kappa shape index (κ2) is 7.95. The fourth-order valence-corrected chi connectivity index (χ4v) is 3.85. The molecule has 3 aromatic rings. The van der Waals surface area contributed by atoms with E-state index in [1.165, 1.54) is 5.56 Å². The Morgan fingerprint density at radius 3 is 2.54 bits per heavy atom. The smallest absolute Gasteiger partial charge is 0.322 e. The monoisotopic (exact) mass is 392 g/mol. The number of hydrogen-bond donors (Lipinski definition) is 1. The zero-order chi connectivity index (χ0) is 19.5. The van der Waals surface area contributed by atoms with E-state index in [-0.39, 0.29) is 12.1 Å². The van der Waals surface area contributed by atoms with Gasteiger partial charge in [0, 0.05) is 11.6 Å². The molecule has 0 saturated carbocycles. The predicted octanol–water partition coefficient (Wildman–Crippen LogP) is 5.53. The van der Waals surface area contributed by atoms with Gasteiger partial charge in [0.05, 0.1) is 18.8 Å². The maximum atomic E-state index is 13.2. The molecular formula is C23H21ClN2O2. The Hall–Kier alpha value is -2.98. The molecule has 0 aromatic heterocycles. The van der Waals surface area contributed by atoms with Gasteiger partial charge in [0.15, 0.2) is 0 Å². The van der Waals surface area contributed by atoms with Gasteiger partial charge >= 0.3 is 6.03 Å². The van der Waals surface area contributed by atoms with Crippen molar-refractivity contribution in [3.05, 3.63) is 94.5 Å². The Kier molecular flexibility index (Phi) is 5.22. The van der Waals surface area contributed by atoms with E-state index >= 15 is 0 Å². The van der Waals surface area contributed by atoms with E-state index < -0.39 is 0 Å². The minimum atomic E-state index is -0.170. The van der Waals surface area contributed by atoms with Crippen molar-refractivity contribution >= 4 is 23.3 Å². The highest BCUT2D eigenvalue weighted by Crippen LogP contribution is 2.36.